The first kappa shape index (κ1) is 22.1. The highest BCUT2D eigenvalue weighted by atomic mass is 32.1. The van der Waals surface area contributed by atoms with Crippen LogP contribution in [0.25, 0.3) is 0 Å². The number of aliphatic hydroxyl groups is 1. The lowest BCUT2D eigenvalue weighted by Gasteiger charge is -2.25. The number of hydrogen-bond acceptors (Lipinski definition) is 9. The van der Waals surface area contributed by atoms with Gasteiger partial charge in [-0.25, -0.2) is 4.98 Å². The number of amides is 1. The van der Waals surface area contributed by atoms with E-state index in [1.54, 1.807) is 26.0 Å². The number of Topliss-reactive ketones (excluding diaryl/α,β-unsaturated/α-hetero) is 1. The standard InChI is InChI=1S/C22H22N4O4S2/c1-5-10-30-15-9-7-6-8-14(15)17-16(18(27)20-11(2)23-12(3)31-20)19(28)21(29)26(17)22-25-24-13(4)32-22/h6-9,17,28H,5,10H2,1-4H3. The van der Waals surface area contributed by atoms with Crippen LogP contribution in [0.15, 0.2) is 35.6 Å². The third-order valence-electron chi connectivity index (χ3n) is 4.96. The number of rotatable bonds is 7. The number of aliphatic hydroxyl groups excluding tert-OH is 1. The van der Waals surface area contributed by atoms with Crippen LogP contribution in [-0.4, -0.2) is 38.6 Å². The summed E-state index contributed by atoms with van der Waals surface area (Å²) >= 11 is 2.45. The van der Waals surface area contributed by atoms with Gasteiger partial charge >= 0.3 is 0 Å². The fraction of sp³-hybridized carbons (Fsp3) is 0.318. The maximum atomic E-state index is 13.6. The fourth-order valence-electron chi connectivity index (χ4n) is 3.63. The van der Waals surface area contributed by atoms with Gasteiger partial charge in [0.15, 0.2) is 5.76 Å². The number of carbonyl (C=O) groups is 2. The van der Waals surface area contributed by atoms with Crippen molar-refractivity contribution in [1.82, 2.24) is 15.2 Å². The summed E-state index contributed by atoms with van der Waals surface area (Å²) in [5.74, 6) is -1.18. The summed E-state index contributed by atoms with van der Waals surface area (Å²) in [4.78, 5) is 32.9. The van der Waals surface area contributed by atoms with Gasteiger partial charge in [0.2, 0.25) is 10.9 Å². The van der Waals surface area contributed by atoms with Crippen LogP contribution in [0.2, 0.25) is 0 Å². The van der Waals surface area contributed by atoms with E-state index < -0.39 is 23.5 Å². The number of ether oxygens (including phenoxy) is 1. The molecule has 1 N–H and O–H groups in total. The third-order valence-corrected chi connectivity index (χ3v) is 6.87. The van der Waals surface area contributed by atoms with Gasteiger partial charge in [0.1, 0.15) is 16.8 Å². The maximum absolute atomic E-state index is 13.6. The van der Waals surface area contributed by atoms with E-state index in [1.165, 1.54) is 27.6 Å². The molecule has 0 saturated heterocycles. The van der Waals surface area contributed by atoms with Gasteiger partial charge in [0.25, 0.3) is 5.91 Å². The summed E-state index contributed by atoms with van der Waals surface area (Å²) in [7, 11) is 0. The molecule has 0 fully saturated rings. The predicted octanol–water partition coefficient (Wildman–Crippen LogP) is 4.49. The highest BCUT2D eigenvalue weighted by molar-refractivity contribution is 7.15. The van der Waals surface area contributed by atoms with Crippen molar-refractivity contribution in [3.05, 3.63) is 61.7 Å². The van der Waals surface area contributed by atoms with E-state index in [-0.39, 0.29) is 5.57 Å². The molecule has 0 aliphatic carbocycles. The number of aromatic nitrogens is 3. The minimum Gasteiger partial charge on any atom is -0.503 e. The lowest BCUT2D eigenvalue weighted by Crippen LogP contribution is -2.31. The normalized spacial score (nSPS) is 16.2. The van der Waals surface area contributed by atoms with E-state index in [0.717, 1.165) is 11.4 Å². The smallest absolute Gasteiger partial charge is 0.296 e. The quantitative estimate of drug-likeness (QED) is 0.507. The Morgan fingerprint density at radius 2 is 1.91 bits per heavy atom. The highest BCUT2D eigenvalue weighted by Crippen LogP contribution is 2.45. The number of anilines is 1. The number of para-hydroxylation sites is 1. The molecule has 0 saturated carbocycles. The van der Waals surface area contributed by atoms with E-state index in [2.05, 4.69) is 15.2 Å². The molecule has 3 heterocycles. The molecule has 1 aliphatic heterocycles. The lowest BCUT2D eigenvalue weighted by atomic mass is 9.94. The minimum absolute atomic E-state index is 0.0119. The van der Waals surface area contributed by atoms with Crippen LogP contribution in [0.3, 0.4) is 0 Å². The second-order valence-corrected chi connectivity index (χ2v) is 9.67. The molecule has 8 nitrogen and oxygen atoms in total. The van der Waals surface area contributed by atoms with Crippen molar-refractivity contribution in [3.63, 3.8) is 0 Å². The molecule has 0 radical (unpaired) electrons. The summed E-state index contributed by atoms with van der Waals surface area (Å²) < 4.78 is 5.92. The van der Waals surface area contributed by atoms with Crippen molar-refractivity contribution in [1.29, 1.82) is 0 Å². The Morgan fingerprint density at radius 1 is 1.16 bits per heavy atom. The monoisotopic (exact) mass is 470 g/mol. The number of hydrogen-bond donors (Lipinski definition) is 1. The van der Waals surface area contributed by atoms with Crippen LogP contribution in [0, 0.1) is 20.8 Å². The average Bonchev–Trinajstić information content (AvgIpc) is 3.42. The second-order valence-electron chi connectivity index (χ2n) is 7.31. The zero-order chi connectivity index (χ0) is 23.0. The Balaban J connectivity index is 1.90. The number of nitrogens with zero attached hydrogens (tertiary/aromatic N) is 4. The number of thiazole rings is 1. The largest absolute Gasteiger partial charge is 0.503 e. The Bertz CT molecular complexity index is 1230. The topological polar surface area (TPSA) is 106 Å². The van der Waals surface area contributed by atoms with E-state index >= 15 is 0 Å². The summed E-state index contributed by atoms with van der Waals surface area (Å²) in [5, 5.41) is 20.7. The molecular weight excluding hydrogens is 448 g/mol. The first-order chi connectivity index (χ1) is 15.3. The van der Waals surface area contributed by atoms with E-state index in [0.29, 0.717) is 38.6 Å². The maximum Gasteiger partial charge on any atom is 0.296 e. The Kier molecular flexibility index (Phi) is 6.07. The van der Waals surface area contributed by atoms with Crippen LogP contribution >= 0.6 is 22.7 Å². The number of benzene rings is 1. The van der Waals surface area contributed by atoms with Crippen LogP contribution < -0.4 is 9.64 Å². The molecule has 2 aromatic heterocycles. The van der Waals surface area contributed by atoms with Gasteiger partial charge in [-0.2, -0.15) is 0 Å². The summed E-state index contributed by atoms with van der Waals surface area (Å²) in [6.45, 7) is 7.79. The average molecular weight is 471 g/mol. The molecule has 166 valence electrons. The third kappa shape index (κ3) is 3.80. The van der Waals surface area contributed by atoms with Crippen molar-refractivity contribution < 1.29 is 19.4 Å². The first-order valence-electron chi connectivity index (χ1n) is 10.1. The van der Waals surface area contributed by atoms with Crippen molar-refractivity contribution in [2.75, 3.05) is 11.5 Å². The molecule has 3 aromatic rings. The molecule has 1 unspecified atom stereocenters. The minimum atomic E-state index is -0.905. The van der Waals surface area contributed by atoms with Gasteiger partial charge in [0.05, 0.1) is 27.8 Å². The molecule has 0 bridgehead atoms. The molecule has 4 rings (SSSR count). The van der Waals surface area contributed by atoms with Crippen molar-refractivity contribution in [3.8, 4) is 5.75 Å². The van der Waals surface area contributed by atoms with E-state index in [4.69, 9.17) is 4.74 Å². The predicted molar refractivity (Wildman–Crippen MR) is 123 cm³/mol. The van der Waals surface area contributed by atoms with Gasteiger partial charge in [0, 0.05) is 5.56 Å². The molecule has 1 aromatic carbocycles. The number of carbonyl (C=O) groups excluding carboxylic acids is 2. The zero-order valence-electron chi connectivity index (χ0n) is 18.1. The van der Waals surface area contributed by atoms with Crippen LogP contribution in [0.4, 0.5) is 5.13 Å². The van der Waals surface area contributed by atoms with Crippen molar-refractivity contribution in [2.45, 2.75) is 40.2 Å². The fourth-order valence-corrected chi connectivity index (χ4v) is 5.21. The SMILES string of the molecule is CCCOc1ccccc1C1C(C(=O)c2sc(C)nc2C)=C(O)C(=O)N1c1nnc(C)s1. The van der Waals surface area contributed by atoms with Crippen LogP contribution in [0.5, 0.6) is 5.75 Å². The molecule has 10 heteroatoms. The summed E-state index contributed by atoms with van der Waals surface area (Å²) in [6.07, 6.45) is 0.795. The highest BCUT2D eigenvalue weighted by Gasteiger charge is 2.47. The van der Waals surface area contributed by atoms with E-state index in [9.17, 15) is 14.7 Å². The first-order valence-corrected chi connectivity index (χ1v) is 11.7. The Morgan fingerprint density at radius 3 is 2.53 bits per heavy atom. The van der Waals surface area contributed by atoms with Crippen LogP contribution in [0.1, 0.15) is 50.3 Å². The summed E-state index contributed by atoms with van der Waals surface area (Å²) in [6, 6.07) is 6.31. The molecule has 1 aliphatic rings. The lowest BCUT2D eigenvalue weighted by molar-refractivity contribution is -0.117. The van der Waals surface area contributed by atoms with Gasteiger partial charge in [-0.15, -0.1) is 21.5 Å². The Labute approximate surface area is 193 Å². The second kappa shape index (κ2) is 8.79. The van der Waals surface area contributed by atoms with Crippen molar-refractivity contribution in [2.24, 2.45) is 0 Å². The van der Waals surface area contributed by atoms with Crippen molar-refractivity contribution >= 4 is 39.5 Å². The zero-order valence-corrected chi connectivity index (χ0v) is 19.7. The molecule has 1 atom stereocenters. The van der Waals surface area contributed by atoms with Crippen LogP contribution in [-0.2, 0) is 4.79 Å². The number of ketones is 1. The summed E-state index contributed by atoms with van der Waals surface area (Å²) in [5.41, 5.74) is 1.14. The molecular formula is C22H22N4O4S2. The molecule has 0 spiro atoms. The molecule has 32 heavy (non-hydrogen) atoms. The Hall–Kier alpha value is -3.11. The van der Waals surface area contributed by atoms with E-state index in [1.807, 2.05) is 26.0 Å². The van der Waals surface area contributed by atoms with Gasteiger partial charge in [-0.3, -0.25) is 14.5 Å². The van der Waals surface area contributed by atoms with Gasteiger partial charge in [-0.1, -0.05) is 36.5 Å². The molecule has 1 amide bonds. The van der Waals surface area contributed by atoms with Gasteiger partial charge < -0.3 is 9.84 Å². The number of aryl methyl sites for hydroxylation is 3. The van der Waals surface area contributed by atoms with Gasteiger partial charge in [-0.05, 0) is 33.3 Å².